The molecule has 6 rings (SSSR count). The largest absolute Gasteiger partial charge is 0.494 e. The summed E-state index contributed by atoms with van der Waals surface area (Å²) in [6, 6.07) is 23.2. The first kappa shape index (κ1) is 30.5. The monoisotopic (exact) mass is 634 g/mol. The number of ether oxygens (including phenoxy) is 3. The first-order chi connectivity index (χ1) is 22.3. The second-order valence-corrected chi connectivity index (χ2v) is 11.4. The van der Waals surface area contributed by atoms with Gasteiger partial charge < -0.3 is 14.2 Å². The number of benzene rings is 3. The van der Waals surface area contributed by atoms with Crippen molar-refractivity contribution in [1.82, 2.24) is 14.3 Å². The first-order valence-electron chi connectivity index (χ1n) is 14.5. The summed E-state index contributed by atoms with van der Waals surface area (Å²) in [6.45, 7) is 5.53. The lowest BCUT2D eigenvalue weighted by Gasteiger charge is -2.24. The van der Waals surface area contributed by atoms with Gasteiger partial charge in [-0.3, -0.25) is 14.2 Å². The summed E-state index contributed by atoms with van der Waals surface area (Å²) in [5.41, 5.74) is 4.13. The number of nitrogens with zero attached hydrogens (tertiary/aromatic N) is 4. The van der Waals surface area contributed by atoms with Crippen molar-refractivity contribution in [3.63, 3.8) is 0 Å². The summed E-state index contributed by atoms with van der Waals surface area (Å²) in [7, 11) is 1.29. The standard InChI is InChI=1S/C35H30N4O6S/c1-5-44-27-15-11-23(12-16-27)31-25(20-38(37-31)26-9-7-6-8-10-26)19-29-33(41)39-32(24-13-17-28(18-14-24)45-22(3)40)30(34(42)43-4)21(2)36-35(39)46-29/h6-20,32H,5H2,1-4H3/b29-19-/t32-/m1/s1. The Morgan fingerprint density at radius 1 is 0.978 bits per heavy atom. The normalized spacial score (nSPS) is 14.4. The highest BCUT2D eigenvalue weighted by molar-refractivity contribution is 7.07. The summed E-state index contributed by atoms with van der Waals surface area (Å²) in [4.78, 5) is 43.8. The predicted octanol–water partition coefficient (Wildman–Crippen LogP) is 4.58. The van der Waals surface area contributed by atoms with Crippen LogP contribution in [0.2, 0.25) is 0 Å². The number of rotatable bonds is 8. The van der Waals surface area contributed by atoms with Gasteiger partial charge in [0, 0.05) is 24.2 Å². The van der Waals surface area contributed by atoms with E-state index < -0.39 is 18.0 Å². The molecule has 3 aromatic carbocycles. The molecule has 232 valence electrons. The van der Waals surface area contributed by atoms with Crippen molar-refractivity contribution in [2.45, 2.75) is 26.8 Å². The van der Waals surface area contributed by atoms with Crippen LogP contribution in [0.3, 0.4) is 0 Å². The third kappa shape index (κ3) is 5.92. The smallest absolute Gasteiger partial charge is 0.338 e. The number of para-hydroxylation sites is 1. The Morgan fingerprint density at radius 2 is 1.67 bits per heavy atom. The molecule has 2 aromatic heterocycles. The number of thiazole rings is 1. The number of methoxy groups -OCH3 is 1. The van der Waals surface area contributed by atoms with Crippen LogP contribution in [0.4, 0.5) is 0 Å². The molecule has 0 bridgehead atoms. The number of hydrogen-bond acceptors (Lipinski definition) is 9. The van der Waals surface area contributed by atoms with Crippen LogP contribution < -0.4 is 24.4 Å². The predicted molar refractivity (Wildman–Crippen MR) is 174 cm³/mol. The van der Waals surface area contributed by atoms with E-state index in [2.05, 4.69) is 4.99 Å². The van der Waals surface area contributed by atoms with Gasteiger partial charge in [0.25, 0.3) is 5.56 Å². The van der Waals surface area contributed by atoms with Gasteiger partial charge >= 0.3 is 11.9 Å². The molecule has 10 nitrogen and oxygen atoms in total. The van der Waals surface area contributed by atoms with Crippen LogP contribution in [0.5, 0.6) is 11.5 Å². The lowest BCUT2D eigenvalue weighted by molar-refractivity contribution is -0.136. The number of carbonyl (C=O) groups is 2. The molecule has 1 atom stereocenters. The van der Waals surface area contributed by atoms with E-state index >= 15 is 0 Å². The molecule has 0 spiro atoms. The molecule has 1 aliphatic heterocycles. The maximum atomic E-state index is 14.2. The summed E-state index contributed by atoms with van der Waals surface area (Å²) in [5.74, 6) is 0.0564. The minimum atomic E-state index is -0.810. The van der Waals surface area contributed by atoms with E-state index in [-0.39, 0.29) is 11.1 Å². The summed E-state index contributed by atoms with van der Waals surface area (Å²) in [6.07, 6.45) is 3.69. The van der Waals surface area contributed by atoms with Gasteiger partial charge in [-0.15, -0.1) is 0 Å². The van der Waals surface area contributed by atoms with E-state index in [1.54, 1.807) is 41.9 Å². The fraction of sp³-hybridized carbons (Fsp3) is 0.171. The van der Waals surface area contributed by atoms with Gasteiger partial charge in [-0.2, -0.15) is 5.10 Å². The Labute approximate surface area is 268 Å². The van der Waals surface area contributed by atoms with Gasteiger partial charge in [-0.05, 0) is 74.0 Å². The molecule has 0 N–H and O–H groups in total. The van der Waals surface area contributed by atoms with Gasteiger partial charge in [0.05, 0.1) is 41.2 Å². The van der Waals surface area contributed by atoms with Crippen LogP contribution in [0, 0.1) is 0 Å². The Bertz CT molecular complexity index is 2140. The zero-order valence-electron chi connectivity index (χ0n) is 25.6. The molecule has 0 unspecified atom stereocenters. The van der Waals surface area contributed by atoms with Gasteiger partial charge in [0.2, 0.25) is 0 Å². The maximum absolute atomic E-state index is 14.2. The minimum absolute atomic E-state index is 0.244. The number of allylic oxidation sites excluding steroid dienone is 1. The first-order valence-corrected chi connectivity index (χ1v) is 15.4. The summed E-state index contributed by atoms with van der Waals surface area (Å²) >= 11 is 1.23. The summed E-state index contributed by atoms with van der Waals surface area (Å²) in [5, 5.41) is 4.90. The van der Waals surface area contributed by atoms with Crippen molar-refractivity contribution in [3.05, 3.63) is 127 Å². The van der Waals surface area contributed by atoms with Crippen molar-refractivity contribution < 1.29 is 23.8 Å². The second kappa shape index (κ2) is 12.8. The SMILES string of the molecule is CCOc1ccc(-c2nn(-c3ccccc3)cc2/C=c2\sc3n(c2=O)[C@H](c2ccc(OC(C)=O)cc2)C(C(=O)OC)=C(C)N=3)cc1. The lowest BCUT2D eigenvalue weighted by atomic mass is 9.96. The highest BCUT2D eigenvalue weighted by atomic mass is 32.1. The number of esters is 2. The molecule has 1 aliphatic rings. The molecule has 5 aromatic rings. The minimum Gasteiger partial charge on any atom is -0.494 e. The molecule has 46 heavy (non-hydrogen) atoms. The molecule has 0 radical (unpaired) electrons. The van der Waals surface area contributed by atoms with E-state index in [0.29, 0.717) is 38.6 Å². The van der Waals surface area contributed by atoms with Crippen LogP contribution in [0.1, 0.15) is 37.9 Å². The van der Waals surface area contributed by atoms with Gasteiger partial charge in [-0.1, -0.05) is 41.7 Å². The summed E-state index contributed by atoms with van der Waals surface area (Å²) < 4.78 is 19.6. The molecule has 11 heteroatoms. The van der Waals surface area contributed by atoms with E-state index in [4.69, 9.17) is 19.3 Å². The topological polar surface area (TPSA) is 114 Å². The fourth-order valence-corrected chi connectivity index (χ4v) is 6.38. The van der Waals surface area contributed by atoms with Gasteiger partial charge in [0.15, 0.2) is 4.80 Å². The third-order valence-corrected chi connectivity index (χ3v) is 8.36. The maximum Gasteiger partial charge on any atom is 0.338 e. The van der Waals surface area contributed by atoms with Crippen molar-refractivity contribution in [3.8, 4) is 28.4 Å². The Balaban J connectivity index is 1.52. The number of carbonyl (C=O) groups excluding carboxylic acids is 2. The number of hydrogen-bond donors (Lipinski definition) is 0. The Kier molecular flexibility index (Phi) is 8.49. The van der Waals surface area contributed by atoms with Crippen molar-refractivity contribution in [2.24, 2.45) is 4.99 Å². The zero-order chi connectivity index (χ0) is 32.4. The molecular weight excluding hydrogens is 604 g/mol. The van der Waals surface area contributed by atoms with Crippen molar-refractivity contribution in [1.29, 1.82) is 0 Å². The molecule has 0 saturated carbocycles. The van der Waals surface area contributed by atoms with E-state index in [0.717, 1.165) is 22.6 Å². The van der Waals surface area contributed by atoms with E-state index in [9.17, 15) is 14.4 Å². The fourth-order valence-electron chi connectivity index (χ4n) is 5.34. The zero-order valence-corrected chi connectivity index (χ0v) is 26.4. The quantitative estimate of drug-likeness (QED) is 0.181. The van der Waals surface area contributed by atoms with Crippen LogP contribution in [0.15, 0.2) is 106 Å². The average molecular weight is 635 g/mol. The van der Waals surface area contributed by atoms with Gasteiger partial charge in [-0.25, -0.2) is 14.5 Å². The highest BCUT2D eigenvalue weighted by Crippen LogP contribution is 2.32. The molecule has 0 fully saturated rings. The molecular formula is C35H30N4O6S. The lowest BCUT2D eigenvalue weighted by Crippen LogP contribution is -2.39. The molecule has 0 saturated heterocycles. The van der Waals surface area contributed by atoms with Gasteiger partial charge in [0.1, 0.15) is 17.2 Å². The Hall–Kier alpha value is -5.55. The van der Waals surface area contributed by atoms with Crippen LogP contribution in [0.25, 0.3) is 23.0 Å². The highest BCUT2D eigenvalue weighted by Gasteiger charge is 2.33. The molecule has 3 heterocycles. The Morgan fingerprint density at radius 3 is 2.33 bits per heavy atom. The molecule has 0 aliphatic carbocycles. The number of aromatic nitrogens is 3. The van der Waals surface area contributed by atoms with E-state index in [1.165, 1.54) is 29.9 Å². The number of fused-ring (bicyclic) bond motifs is 1. The van der Waals surface area contributed by atoms with Crippen LogP contribution in [-0.2, 0) is 14.3 Å². The van der Waals surface area contributed by atoms with E-state index in [1.807, 2.05) is 67.7 Å². The average Bonchev–Trinajstić information content (AvgIpc) is 3.61. The van der Waals surface area contributed by atoms with Crippen LogP contribution in [-0.4, -0.2) is 40.0 Å². The van der Waals surface area contributed by atoms with Crippen LogP contribution >= 0.6 is 11.3 Å². The molecule has 0 amide bonds. The second-order valence-electron chi connectivity index (χ2n) is 10.4. The third-order valence-electron chi connectivity index (χ3n) is 7.37. The van der Waals surface area contributed by atoms with Crippen molar-refractivity contribution in [2.75, 3.05) is 13.7 Å². The van der Waals surface area contributed by atoms with Crippen molar-refractivity contribution >= 4 is 29.4 Å².